The van der Waals surface area contributed by atoms with Crippen LogP contribution < -0.4 is 11.5 Å². The van der Waals surface area contributed by atoms with Crippen LogP contribution in [0.3, 0.4) is 0 Å². The summed E-state index contributed by atoms with van der Waals surface area (Å²) in [5.74, 6) is 0. The van der Waals surface area contributed by atoms with Gasteiger partial charge in [0.05, 0.1) is 10.2 Å². The molecule has 1 heterocycles. The maximum Gasteiger partial charge on any atom is 0.181 e. The van der Waals surface area contributed by atoms with Crippen molar-refractivity contribution in [2.24, 2.45) is 5.73 Å². The standard InChI is InChI=1S/C9H11N3S/c10-4-3-6-1-2-7-8(5-6)13-9(11)12-7/h1-2,5H,3-4,10H2,(H2,11,12). The molecule has 13 heavy (non-hydrogen) atoms. The molecule has 1 aromatic heterocycles. The number of benzene rings is 1. The summed E-state index contributed by atoms with van der Waals surface area (Å²) < 4.78 is 1.14. The van der Waals surface area contributed by atoms with E-state index in [4.69, 9.17) is 11.5 Å². The predicted octanol–water partition coefficient (Wildman–Crippen LogP) is 1.38. The monoisotopic (exact) mass is 193 g/mol. The Labute approximate surface area is 80.4 Å². The molecule has 0 saturated carbocycles. The highest BCUT2D eigenvalue weighted by atomic mass is 32.1. The van der Waals surface area contributed by atoms with E-state index in [2.05, 4.69) is 11.1 Å². The first kappa shape index (κ1) is 8.47. The fourth-order valence-electron chi connectivity index (χ4n) is 1.31. The van der Waals surface area contributed by atoms with Crippen LogP contribution >= 0.6 is 11.3 Å². The van der Waals surface area contributed by atoms with E-state index in [1.54, 1.807) is 0 Å². The summed E-state index contributed by atoms with van der Waals surface area (Å²) in [6, 6.07) is 6.15. The lowest BCUT2D eigenvalue weighted by Gasteiger charge is -1.96. The Morgan fingerprint density at radius 2 is 2.23 bits per heavy atom. The fraction of sp³-hybridized carbons (Fsp3) is 0.222. The van der Waals surface area contributed by atoms with Crippen molar-refractivity contribution in [3.05, 3.63) is 23.8 Å². The number of fused-ring (bicyclic) bond motifs is 1. The number of thiazole rings is 1. The van der Waals surface area contributed by atoms with Crippen LogP contribution in [0.25, 0.3) is 10.2 Å². The fourth-order valence-corrected chi connectivity index (χ4v) is 2.11. The smallest absolute Gasteiger partial charge is 0.181 e. The minimum absolute atomic E-state index is 0.625. The van der Waals surface area contributed by atoms with Crippen LogP contribution in [0, 0.1) is 0 Å². The Kier molecular flexibility index (Phi) is 2.16. The number of nitrogens with two attached hydrogens (primary N) is 2. The Balaban J connectivity index is 2.48. The van der Waals surface area contributed by atoms with Gasteiger partial charge in [0.25, 0.3) is 0 Å². The average Bonchev–Trinajstić information content (AvgIpc) is 2.44. The first-order valence-corrected chi connectivity index (χ1v) is 4.96. The molecule has 0 unspecified atom stereocenters. The molecule has 0 radical (unpaired) electrons. The van der Waals surface area contributed by atoms with Crippen molar-refractivity contribution in [3.63, 3.8) is 0 Å². The van der Waals surface area contributed by atoms with Crippen molar-refractivity contribution in [3.8, 4) is 0 Å². The molecule has 0 spiro atoms. The Bertz CT molecular complexity index is 422. The molecule has 0 amide bonds. The first-order valence-electron chi connectivity index (χ1n) is 4.14. The van der Waals surface area contributed by atoms with Gasteiger partial charge in [-0.3, -0.25) is 0 Å². The Morgan fingerprint density at radius 1 is 1.38 bits per heavy atom. The minimum Gasteiger partial charge on any atom is -0.375 e. The van der Waals surface area contributed by atoms with E-state index in [9.17, 15) is 0 Å². The minimum atomic E-state index is 0.625. The van der Waals surface area contributed by atoms with Gasteiger partial charge in [0.2, 0.25) is 0 Å². The molecule has 0 aliphatic carbocycles. The van der Waals surface area contributed by atoms with Crippen LogP contribution in [-0.2, 0) is 6.42 Å². The quantitative estimate of drug-likeness (QED) is 0.757. The summed E-state index contributed by atoms with van der Waals surface area (Å²) in [5.41, 5.74) is 13.3. The van der Waals surface area contributed by atoms with Gasteiger partial charge in [-0.1, -0.05) is 17.4 Å². The van der Waals surface area contributed by atoms with Gasteiger partial charge < -0.3 is 11.5 Å². The van der Waals surface area contributed by atoms with Gasteiger partial charge in [-0.2, -0.15) is 0 Å². The molecule has 0 aliphatic rings. The highest BCUT2D eigenvalue weighted by Gasteiger charge is 2.00. The number of aromatic nitrogens is 1. The molecule has 0 aliphatic heterocycles. The molecule has 0 saturated heterocycles. The van der Waals surface area contributed by atoms with E-state index in [1.165, 1.54) is 16.9 Å². The maximum absolute atomic E-state index is 5.60. The maximum atomic E-state index is 5.60. The lowest BCUT2D eigenvalue weighted by atomic mass is 10.1. The zero-order chi connectivity index (χ0) is 9.26. The van der Waals surface area contributed by atoms with Crippen molar-refractivity contribution in [1.29, 1.82) is 0 Å². The molecule has 4 N–H and O–H groups in total. The third kappa shape index (κ3) is 1.64. The number of nitrogen functional groups attached to an aromatic ring is 1. The number of rotatable bonds is 2. The van der Waals surface area contributed by atoms with Crippen LogP contribution in [0.1, 0.15) is 5.56 Å². The second kappa shape index (κ2) is 3.32. The first-order chi connectivity index (χ1) is 6.29. The van der Waals surface area contributed by atoms with E-state index >= 15 is 0 Å². The molecular formula is C9H11N3S. The molecule has 0 atom stereocenters. The normalized spacial score (nSPS) is 10.8. The van der Waals surface area contributed by atoms with Crippen molar-refractivity contribution < 1.29 is 0 Å². The SMILES string of the molecule is NCCc1ccc2nc(N)sc2c1. The van der Waals surface area contributed by atoms with Crippen molar-refractivity contribution >= 4 is 26.7 Å². The Morgan fingerprint density at radius 3 is 3.00 bits per heavy atom. The van der Waals surface area contributed by atoms with Crippen LogP contribution in [0.15, 0.2) is 18.2 Å². The van der Waals surface area contributed by atoms with Gasteiger partial charge in [0, 0.05) is 0 Å². The van der Waals surface area contributed by atoms with E-state index in [0.717, 1.165) is 16.6 Å². The van der Waals surface area contributed by atoms with Crippen LogP contribution in [0.2, 0.25) is 0 Å². The predicted molar refractivity (Wildman–Crippen MR) is 56.8 cm³/mol. The van der Waals surface area contributed by atoms with Gasteiger partial charge in [-0.25, -0.2) is 4.98 Å². The molecule has 1 aromatic carbocycles. The van der Waals surface area contributed by atoms with Crippen molar-refractivity contribution in [2.75, 3.05) is 12.3 Å². The second-order valence-electron chi connectivity index (χ2n) is 2.89. The summed E-state index contributed by atoms with van der Waals surface area (Å²) in [6.07, 6.45) is 0.910. The summed E-state index contributed by atoms with van der Waals surface area (Å²) in [5, 5.41) is 0.625. The van der Waals surface area contributed by atoms with Crippen LogP contribution in [0.4, 0.5) is 5.13 Å². The lowest BCUT2D eigenvalue weighted by molar-refractivity contribution is 0.971. The van der Waals surface area contributed by atoms with Gasteiger partial charge in [-0.15, -0.1) is 0 Å². The zero-order valence-electron chi connectivity index (χ0n) is 7.16. The number of anilines is 1. The largest absolute Gasteiger partial charge is 0.375 e. The molecule has 2 aromatic rings. The van der Waals surface area contributed by atoms with Crippen LogP contribution in [-0.4, -0.2) is 11.5 Å². The molecule has 68 valence electrons. The van der Waals surface area contributed by atoms with Gasteiger partial charge in [0.1, 0.15) is 0 Å². The second-order valence-corrected chi connectivity index (χ2v) is 3.96. The zero-order valence-corrected chi connectivity index (χ0v) is 7.97. The van der Waals surface area contributed by atoms with Crippen molar-refractivity contribution in [1.82, 2.24) is 4.98 Å². The van der Waals surface area contributed by atoms with Gasteiger partial charge >= 0.3 is 0 Å². The molecule has 4 heteroatoms. The summed E-state index contributed by atoms with van der Waals surface area (Å²) >= 11 is 1.52. The van der Waals surface area contributed by atoms with E-state index in [-0.39, 0.29) is 0 Å². The third-order valence-corrected chi connectivity index (χ3v) is 2.75. The molecule has 2 rings (SSSR count). The number of hydrogen-bond acceptors (Lipinski definition) is 4. The van der Waals surface area contributed by atoms with E-state index < -0.39 is 0 Å². The summed E-state index contributed by atoms with van der Waals surface area (Å²) in [6.45, 7) is 0.680. The van der Waals surface area contributed by atoms with Crippen LogP contribution in [0.5, 0.6) is 0 Å². The number of nitrogens with zero attached hydrogens (tertiary/aromatic N) is 1. The van der Waals surface area contributed by atoms with E-state index in [1.807, 2.05) is 12.1 Å². The molecule has 3 nitrogen and oxygen atoms in total. The highest BCUT2D eigenvalue weighted by Crippen LogP contribution is 2.24. The van der Waals surface area contributed by atoms with Gasteiger partial charge in [-0.05, 0) is 30.7 Å². The summed E-state index contributed by atoms with van der Waals surface area (Å²) in [4.78, 5) is 4.18. The number of hydrogen-bond donors (Lipinski definition) is 2. The average molecular weight is 193 g/mol. The Hall–Kier alpha value is -1.13. The van der Waals surface area contributed by atoms with Gasteiger partial charge in [0.15, 0.2) is 5.13 Å². The molecule has 0 fully saturated rings. The van der Waals surface area contributed by atoms with E-state index in [0.29, 0.717) is 11.7 Å². The molecule has 0 bridgehead atoms. The lowest BCUT2D eigenvalue weighted by Crippen LogP contribution is -2.02. The van der Waals surface area contributed by atoms with Crippen molar-refractivity contribution in [2.45, 2.75) is 6.42 Å². The molecular weight excluding hydrogens is 182 g/mol. The third-order valence-electron chi connectivity index (χ3n) is 1.90. The topological polar surface area (TPSA) is 64.9 Å². The summed E-state index contributed by atoms with van der Waals surface area (Å²) in [7, 11) is 0. The highest BCUT2D eigenvalue weighted by molar-refractivity contribution is 7.22.